The van der Waals surface area contributed by atoms with E-state index in [1.165, 1.54) is 0 Å². The van der Waals surface area contributed by atoms with Crippen LogP contribution in [0.15, 0.2) is 18.2 Å². The van der Waals surface area contributed by atoms with Gasteiger partial charge in [0.15, 0.2) is 0 Å². The van der Waals surface area contributed by atoms with E-state index in [1.807, 2.05) is 25.1 Å². The molecule has 18 heavy (non-hydrogen) atoms. The summed E-state index contributed by atoms with van der Waals surface area (Å²) in [5.74, 6) is 0.606. The zero-order valence-corrected chi connectivity index (χ0v) is 10.8. The van der Waals surface area contributed by atoms with Crippen molar-refractivity contribution in [3.8, 4) is 11.8 Å². The Morgan fingerprint density at radius 1 is 1.50 bits per heavy atom. The molecule has 0 unspecified atom stereocenters. The molecule has 0 radical (unpaired) electrons. The minimum absolute atomic E-state index is 0.509. The second-order valence-electron chi connectivity index (χ2n) is 4.87. The molecule has 1 aromatic carbocycles. The number of nitriles is 1. The summed E-state index contributed by atoms with van der Waals surface area (Å²) < 4.78 is 5.11. The van der Waals surface area contributed by atoms with E-state index in [1.54, 1.807) is 7.11 Å². The van der Waals surface area contributed by atoms with Crippen LogP contribution < -0.4 is 4.74 Å². The second-order valence-corrected chi connectivity index (χ2v) is 4.87. The number of methoxy groups -OCH3 is 1. The number of β-amino-alcohol motifs (C(OH)–C–C–N with tert-alkyl or cyclic N) is 1. The van der Waals surface area contributed by atoms with Crippen LogP contribution in [-0.4, -0.2) is 35.8 Å². The largest absolute Gasteiger partial charge is 0.495 e. The average Bonchev–Trinajstić information content (AvgIpc) is 2.36. The predicted octanol–water partition coefficient (Wildman–Crippen LogP) is 1.52. The van der Waals surface area contributed by atoms with E-state index in [9.17, 15) is 5.11 Å². The predicted molar refractivity (Wildman–Crippen MR) is 68.2 cm³/mol. The van der Waals surface area contributed by atoms with Crippen LogP contribution in [0.5, 0.6) is 5.75 Å². The van der Waals surface area contributed by atoms with E-state index in [2.05, 4.69) is 11.0 Å². The standard InChI is InChI=1S/C14H18N2O2/c1-3-14(17)9-16(10-14)8-11-4-5-13(18-2)12(6-11)7-15/h4-6,17H,3,8-10H2,1-2H3. The van der Waals surface area contributed by atoms with E-state index >= 15 is 0 Å². The van der Waals surface area contributed by atoms with Gasteiger partial charge in [-0.25, -0.2) is 0 Å². The lowest BCUT2D eigenvalue weighted by atomic mass is 9.91. The van der Waals surface area contributed by atoms with E-state index in [0.717, 1.165) is 18.5 Å². The van der Waals surface area contributed by atoms with Crippen molar-refractivity contribution in [1.82, 2.24) is 4.90 Å². The number of benzene rings is 1. The minimum Gasteiger partial charge on any atom is -0.495 e. The van der Waals surface area contributed by atoms with Gasteiger partial charge in [-0.2, -0.15) is 5.26 Å². The molecule has 0 bridgehead atoms. The van der Waals surface area contributed by atoms with Crippen molar-refractivity contribution in [2.24, 2.45) is 0 Å². The Morgan fingerprint density at radius 2 is 2.22 bits per heavy atom. The molecule has 0 amide bonds. The summed E-state index contributed by atoms with van der Waals surface area (Å²) >= 11 is 0. The van der Waals surface area contributed by atoms with Crippen molar-refractivity contribution in [2.75, 3.05) is 20.2 Å². The second kappa shape index (κ2) is 4.97. The van der Waals surface area contributed by atoms with Gasteiger partial charge in [0.2, 0.25) is 0 Å². The van der Waals surface area contributed by atoms with Crippen molar-refractivity contribution in [2.45, 2.75) is 25.5 Å². The number of ether oxygens (including phenoxy) is 1. The molecule has 0 aromatic heterocycles. The van der Waals surface area contributed by atoms with Crippen molar-refractivity contribution in [3.63, 3.8) is 0 Å². The van der Waals surface area contributed by atoms with Crippen LogP contribution in [0.1, 0.15) is 24.5 Å². The zero-order valence-electron chi connectivity index (χ0n) is 10.8. The summed E-state index contributed by atoms with van der Waals surface area (Å²) in [6, 6.07) is 7.76. The molecule has 0 saturated carbocycles. The summed E-state index contributed by atoms with van der Waals surface area (Å²) in [6.07, 6.45) is 0.787. The molecule has 0 spiro atoms. The number of hydrogen-bond donors (Lipinski definition) is 1. The first-order valence-electron chi connectivity index (χ1n) is 6.12. The number of aliphatic hydroxyl groups is 1. The Balaban J connectivity index is 2.02. The summed E-state index contributed by atoms with van der Waals surface area (Å²) in [5.41, 5.74) is 1.12. The lowest BCUT2D eigenvalue weighted by Gasteiger charge is -2.46. The summed E-state index contributed by atoms with van der Waals surface area (Å²) in [4.78, 5) is 2.17. The molecular weight excluding hydrogens is 228 g/mol. The van der Waals surface area contributed by atoms with Crippen LogP contribution in [0.2, 0.25) is 0 Å². The summed E-state index contributed by atoms with van der Waals surface area (Å²) in [7, 11) is 1.56. The fourth-order valence-corrected chi connectivity index (χ4v) is 2.32. The molecule has 1 aliphatic heterocycles. The van der Waals surface area contributed by atoms with Crippen molar-refractivity contribution in [3.05, 3.63) is 29.3 Å². The van der Waals surface area contributed by atoms with Crippen LogP contribution in [0.25, 0.3) is 0 Å². The third-order valence-corrected chi connectivity index (χ3v) is 3.48. The molecule has 1 fully saturated rings. The van der Waals surface area contributed by atoms with Crippen LogP contribution >= 0.6 is 0 Å². The Kier molecular flexibility index (Phi) is 3.55. The topological polar surface area (TPSA) is 56.5 Å². The Hall–Kier alpha value is -1.57. The third kappa shape index (κ3) is 2.47. The molecule has 1 N–H and O–H groups in total. The van der Waals surface area contributed by atoms with Gasteiger partial charge in [0.05, 0.1) is 18.3 Å². The SMILES string of the molecule is CCC1(O)CN(Cc2ccc(OC)c(C#N)c2)C1. The van der Waals surface area contributed by atoms with Gasteiger partial charge < -0.3 is 9.84 Å². The Morgan fingerprint density at radius 3 is 2.78 bits per heavy atom. The minimum atomic E-state index is -0.509. The maximum Gasteiger partial charge on any atom is 0.136 e. The quantitative estimate of drug-likeness (QED) is 0.875. The lowest BCUT2D eigenvalue weighted by molar-refractivity contribution is -0.103. The Bertz CT molecular complexity index is 473. The molecule has 96 valence electrons. The molecule has 1 aliphatic rings. The van der Waals surface area contributed by atoms with Crippen LogP contribution in [0, 0.1) is 11.3 Å². The van der Waals surface area contributed by atoms with Gasteiger partial charge in [-0.3, -0.25) is 4.90 Å². The number of rotatable bonds is 4. The highest BCUT2D eigenvalue weighted by atomic mass is 16.5. The van der Waals surface area contributed by atoms with Crippen molar-refractivity contribution < 1.29 is 9.84 Å². The molecule has 4 nitrogen and oxygen atoms in total. The van der Waals surface area contributed by atoms with Crippen LogP contribution in [0.4, 0.5) is 0 Å². The fourth-order valence-electron chi connectivity index (χ4n) is 2.32. The maximum absolute atomic E-state index is 9.94. The van der Waals surface area contributed by atoms with Gasteiger partial charge in [0.1, 0.15) is 11.8 Å². The van der Waals surface area contributed by atoms with Crippen LogP contribution in [0.3, 0.4) is 0 Å². The highest BCUT2D eigenvalue weighted by Gasteiger charge is 2.38. The smallest absolute Gasteiger partial charge is 0.136 e. The molecule has 1 saturated heterocycles. The average molecular weight is 246 g/mol. The molecule has 1 aromatic rings. The number of hydrogen-bond acceptors (Lipinski definition) is 4. The number of nitrogens with zero attached hydrogens (tertiary/aromatic N) is 2. The highest BCUT2D eigenvalue weighted by Crippen LogP contribution is 2.27. The van der Waals surface area contributed by atoms with Gasteiger partial charge in [-0.05, 0) is 24.1 Å². The highest BCUT2D eigenvalue weighted by molar-refractivity contribution is 5.45. The molecule has 0 atom stereocenters. The maximum atomic E-state index is 9.94. The van der Waals surface area contributed by atoms with E-state index in [0.29, 0.717) is 24.4 Å². The molecular formula is C14H18N2O2. The van der Waals surface area contributed by atoms with E-state index in [-0.39, 0.29) is 0 Å². The van der Waals surface area contributed by atoms with Gasteiger partial charge in [0, 0.05) is 19.6 Å². The van der Waals surface area contributed by atoms with E-state index in [4.69, 9.17) is 10.00 Å². The zero-order chi connectivity index (χ0) is 13.2. The number of likely N-dealkylation sites (tertiary alicyclic amines) is 1. The molecule has 1 heterocycles. The van der Waals surface area contributed by atoms with Crippen molar-refractivity contribution >= 4 is 0 Å². The normalized spacial score (nSPS) is 17.9. The van der Waals surface area contributed by atoms with Gasteiger partial charge >= 0.3 is 0 Å². The first-order chi connectivity index (χ1) is 8.60. The van der Waals surface area contributed by atoms with Gasteiger partial charge in [0.25, 0.3) is 0 Å². The molecule has 4 heteroatoms. The monoisotopic (exact) mass is 246 g/mol. The first kappa shape index (κ1) is 12.9. The van der Waals surface area contributed by atoms with E-state index < -0.39 is 5.60 Å². The van der Waals surface area contributed by atoms with Gasteiger partial charge in [-0.1, -0.05) is 13.0 Å². The molecule has 0 aliphatic carbocycles. The van der Waals surface area contributed by atoms with Crippen molar-refractivity contribution in [1.29, 1.82) is 5.26 Å². The molecule has 2 rings (SSSR count). The third-order valence-electron chi connectivity index (χ3n) is 3.48. The van der Waals surface area contributed by atoms with Gasteiger partial charge in [-0.15, -0.1) is 0 Å². The van der Waals surface area contributed by atoms with Crippen LogP contribution in [-0.2, 0) is 6.54 Å². The summed E-state index contributed by atoms with van der Waals surface area (Å²) in [6.45, 7) is 4.17. The fraction of sp³-hybridized carbons (Fsp3) is 0.500. The lowest BCUT2D eigenvalue weighted by Crippen LogP contribution is -2.60. The first-order valence-corrected chi connectivity index (χ1v) is 6.12. The Labute approximate surface area is 107 Å². The summed E-state index contributed by atoms with van der Waals surface area (Å²) in [5, 5.41) is 19.0.